The summed E-state index contributed by atoms with van der Waals surface area (Å²) in [6.45, 7) is 1.85. The van der Waals surface area contributed by atoms with Gasteiger partial charge >= 0.3 is 0 Å². The van der Waals surface area contributed by atoms with E-state index in [0.717, 1.165) is 28.0 Å². The van der Waals surface area contributed by atoms with E-state index >= 15 is 0 Å². The monoisotopic (exact) mass is 373 g/mol. The largest absolute Gasteiger partial charge is 0.490 e. The van der Waals surface area contributed by atoms with Gasteiger partial charge in [-0.3, -0.25) is 0 Å². The van der Waals surface area contributed by atoms with Crippen molar-refractivity contribution in [1.82, 2.24) is 5.32 Å². The zero-order valence-electron chi connectivity index (χ0n) is 11.3. The summed E-state index contributed by atoms with van der Waals surface area (Å²) in [5.74, 6) is 1.59. The molecule has 2 heterocycles. The highest BCUT2D eigenvalue weighted by Crippen LogP contribution is 2.38. The van der Waals surface area contributed by atoms with Crippen molar-refractivity contribution in [2.45, 2.75) is 19.0 Å². The molecule has 1 aromatic rings. The summed E-state index contributed by atoms with van der Waals surface area (Å²) >= 11 is 3.50. The van der Waals surface area contributed by atoms with E-state index in [1.54, 1.807) is 6.08 Å². The minimum atomic E-state index is -3.02. The highest BCUT2D eigenvalue weighted by molar-refractivity contribution is 9.10. The highest BCUT2D eigenvalue weighted by Gasteiger charge is 2.21. The van der Waals surface area contributed by atoms with E-state index in [1.807, 2.05) is 12.1 Å². The maximum atomic E-state index is 11.4. The number of benzene rings is 1. The Balaban J connectivity index is 1.70. The fourth-order valence-electron chi connectivity index (χ4n) is 2.34. The molecule has 0 saturated heterocycles. The Morgan fingerprint density at radius 3 is 2.86 bits per heavy atom. The van der Waals surface area contributed by atoms with Gasteiger partial charge in [-0.25, -0.2) is 8.42 Å². The molecule has 0 radical (unpaired) electrons. The summed E-state index contributed by atoms with van der Waals surface area (Å²) < 4.78 is 34.9. The summed E-state index contributed by atoms with van der Waals surface area (Å²) in [7, 11) is -3.02. The first-order valence-electron chi connectivity index (χ1n) is 6.76. The molecular formula is C14H16BrNO4S. The maximum absolute atomic E-state index is 11.4. The minimum Gasteiger partial charge on any atom is -0.490 e. The fraction of sp³-hybridized carbons (Fsp3) is 0.429. The molecule has 1 N–H and O–H groups in total. The van der Waals surface area contributed by atoms with E-state index in [4.69, 9.17) is 9.47 Å². The van der Waals surface area contributed by atoms with E-state index in [-0.39, 0.29) is 11.8 Å². The van der Waals surface area contributed by atoms with E-state index < -0.39 is 9.84 Å². The SMILES string of the molecule is O=S1(=O)C=CC(NCc2cc(Br)c3c(c2)OCCCO3)C1. The number of hydrogen-bond donors (Lipinski definition) is 1. The van der Waals surface area contributed by atoms with Crippen LogP contribution in [0.25, 0.3) is 0 Å². The second-order valence-corrected chi connectivity index (χ2v) is 7.89. The van der Waals surface area contributed by atoms with Gasteiger partial charge in [-0.1, -0.05) is 6.08 Å². The lowest BCUT2D eigenvalue weighted by Crippen LogP contribution is -2.29. The third-order valence-corrected chi connectivity index (χ3v) is 5.34. The second-order valence-electron chi connectivity index (χ2n) is 5.10. The molecule has 0 aromatic heterocycles. The third-order valence-electron chi connectivity index (χ3n) is 3.36. The number of nitrogens with one attached hydrogen (secondary N) is 1. The molecule has 0 saturated carbocycles. The predicted octanol–water partition coefficient (Wildman–Crippen LogP) is 2.01. The lowest BCUT2D eigenvalue weighted by Gasteiger charge is -2.14. The molecule has 2 aliphatic rings. The normalized spacial score (nSPS) is 23.0. The van der Waals surface area contributed by atoms with E-state index in [2.05, 4.69) is 21.2 Å². The van der Waals surface area contributed by atoms with Crippen molar-refractivity contribution in [2.24, 2.45) is 0 Å². The van der Waals surface area contributed by atoms with Gasteiger partial charge in [0, 0.05) is 24.4 Å². The summed E-state index contributed by atoms with van der Waals surface area (Å²) in [5.41, 5.74) is 1.02. The summed E-state index contributed by atoms with van der Waals surface area (Å²) in [5, 5.41) is 4.49. The van der Waals surface area contributed by atoms with E-state index in [9.17, 15) is 8.42 Å². The van der Waals surface area contributed by atoms with Gasteiger partial charge < -0.3 is 14.8 Å². The predicted molar refractivity (Wildman–Crippen MR) is 83.3 cm³/mol. The Morgan fingerprint density at radius 1 is 1.29 bits per heavy atom. The minimum absolute atomic E-state index is 0.124. The van der Waals surface area contributed by atoms with Crippen molar-refractivity contribution in [3.05, 3.63) is 33.7 Å². The summed E-state index contributed by atoms with van der Waals surface area (Å²) in [4.78, 5) is 0. The van der Waals surface area contributed by atoms with Crippen molar-refractivity contribution < 1.29 is 17.9 Å². The van der Waals surface area contributed by atoms with Crippen LogP contribution in [0.1, 0.15) is 12.0 Å². The maximum Gasteiger partial charge on any atom is 0.175 e. The van der Waals surface area contributed by atoms with Gasteiger partial charge in [-0.05, 0) is 33.6 Å². The number of hydrogen-bond acceptors (Lipinski definition) is 5. The Morgan fingerprint density at radius 2 is 2.10 bits per heavy atom. The smallest absolute Gasteiger partial charge is 0.175 e. The molecule has 1 unspecified atom stereocenters. The van der Waals surface area contributed by atoms with E-state index in [0.29, 0.717) is 19.8 Å². The number of halogens is 1. The van der Waals surface area contributed by atoms with Crippen LogP contribution in [0, 0.1) is 0 Å². The van der Waals surface area contributed by atoms with E-state index in [1.165, 1.54) is 5.41 Å². The van der Waals surface area contributed by atoms with Crippen molar-refractivity contribution in [3.63, 3.8) is 0 Å². The molecule has 0 spiro atoms. The van der Waals surface area contributed by atoms with Crippen molar-refractivity contribution in [3.8, 4) is 11.5 Å². The summed E-state index contributed by atoms with van der Waals surface area (Å²) in [6.07, 6.45) is 2.55. The molecule has 0 bridgehead atoms. The van der Waals surface area contributed by atoms with Crippen molar-refractivity contribution >= 4 is 25.8 Å². The van der Waals surface area contributed by atoms with Crippen molar-refractivity contribution in [1.29, 1.82) is 0 Å². The molecule has 2 aliphatic heterocycles. The molecule has 21 heavy (non-hydrogen) atoms. The molecular weight excluding hydrogens is 358 g/mol. The Labute approximate surface area is 132 Å². The number of sulfone groups is 1. The molecule has 1 atom stereocenters. The Hall–Kier alpha value is -1.05. The van der Waals surface area contributed by atoms with Crippen LogP contribution in [0.2, 0.25) is 0 Å². The van der Waals surface area contributed by atoms with Crippen LogP contribution in [0.15, 0.2) is 28.1 Å². The van der Waals surface area contributed by atoms with Crippen LogP contribution >= 0.6 is 15.9 Å². The van der Waals surface area contributed by atoms with Crippen molar-refractivity contribution in [2.75, 3.05) is 19.0 Å². The van der Waals surface area contributed by atoms with Gasteiger partial charge in [-0.2, -0.15) is 0 Å². The second kappa shape index (κ2) is 5.98. The van der Waals surface area contributed by atoms with Gasteiger partial charge in [0.15, 0.2) is 21.3 Å². The van der Waals surface area contributed by atoms with Crippen LogP contribution in [0.5, 0.6) is 11.5 Å². The average Bonchev–Trinajstić information content (AvgIpc) is 2.63. The highest BCUT2D eigenvalue weighted by atomic mass is 79.9. The molecule has 1 aromatic carbocycles. The average molecular weight is 374 g/mol. The van der Waals surface area contributed by atoms with Crippen LogP contribution in [0.3, 0.4) is 0 Å². The standard InChI is InChI=1S/C14H16BrNO4S/c15-12-6-10(7-13-14(12)20-4-1-3-19-13)8-16-11-2-5-21(17,18)9-11/h2,5-7,11,16H,1,3-4,8-9H2. The van der Waals surface area contributed by atoms with Crippen LogP contribution in [-0.2, 0) is 16.4 Å². The molecule has 114 valence electrons. The Bertz CT molecular complexity index is 672. The molecule has 0 fully saturated rings. The quantitative estimate of drug-likeness (QED) is 0.877. The zero-order chi connectivity index (χ0) is 14.9. The molecule has 5 nitrogen and oxygen atoms in total. The Kier molecular flexibility index (Phi) is 4.24. The van der Waals surface area contributed by atoms with Gasteiger partial charge in [0.2, 0.25) is 0 Å². The first kappa shape index (κ1) is 14.9. The van der Waals surface area contributed by atoms with Gasteiger partial charge in [-0.15, -0.1) is 0 Å². The molecule has 3 rings (SSSR count). The zero-order valence-corrected chi connectivity index (χ0v) is 13.7. The molecule has 7 heteroatoms. The first-order valence-corrected chi connectivity index (χ1v) is 9.27. The van der Waals surface area contributed by atoms with Crippen LogP contribution in [0.4, 0.5) is 0 Å². The first-order chi connectivity index (χ1) is 10.0. The molecule has 0 aliphatic carbocycles. The van der Waals surface area contributed by atoms with Gasteiger partial charge in [0.05, 0.1) is 23.4 Å². The number of fused-ring (bicyclic) bond motifs is 1. The molecule has 0 amide bonds. The van der Waals surface area contributed by atoms with Crippen LogP contribution < -0.4 is 14.8 Å². The lowest BCUT2D eigenvalue weighted by atomic mass is 10.2. The van der Waals surface area contributed by atoms with Gasteiger partial charge in [0.1, 0.15) is 0 Å². The fourth-order valence-corrected chi connectivity index (χ4v) is 4.21. The van der Waals surface area contributed by atoms with Gasteiger partial charge in [0.25, 0.3) is 0 Å². The number of ether oxygens (including phenoxy) is 2. The third kappa shape index (κ3) is 3.59. The topological polar surface area (TPSA) is 64.6 Å². The van der Waals surface area contributed by atoms with Crippen LogP contribution in [-0.4, -0.2) is 33.4 Å². The number of rotatable bonds is 3. The lowest BCUT2D eigenvalue weighted by molar-refractivity contribution is 0.296. The summed E-state index contributed by atoms with van der Waals surface area (Å²) in [6, 6.07) is 3.77.